The maximum absolute atomic E-state index is 16.6. The monoisotopic (exact) mass is 634 g/mol. The summed E-state index contributed by atoms with van der Waals surface area (Å²) in [5, 5.41) is 12.1. The molecule has 0 bridgehead atoms. The molecular formula is C30H37Cl2FN6O4. The third-order valence-electron chi connectivity index (χ3n) is 9.51. The molecule has 43 heavy (non-hydrogen) atoms. The van der Waals surface area contributed by atoms with Crippen molar-refractivity contribution in [2.45, 2.75) is 81.5 Å². The number of halogens is 3. The Morgan fingerprint density at radius 3 is 2.56 bits per heavy atom. The fourth-order valence-electron chi connectivity index (χ4n) is 7.30. The van der Waals surface area contributed by atoms with Gasteiger partial charge in [0.25, 0.3) is 0 Å². The molecule has 1 saturated carbocycles. The molecule has 5 atom stereocenters. The Balaban J connectivity index is 1.58. The quantitative estimate of drug-likeness (QED) is 0.213. The number of nitrogens with one attached hydrogen (secondary N) is 4. The number of carbonyl (C=O) groups excluding carboxylic acids is 3. The highest BCUT2D eigenvalue weighted by Gasteiger charge is 2.73. The molecule has 2 spiro atoms. The van der Waals surface area contributed by atoms with Gasteiger partial charge in [0.2, 0.25) is 17.7 Å². The minimum absolute atomic E-state index is 0.00261. The number of nitrogens with zero attached hydrogens (tertiary/aromatic N) is 2. The second kappa shape index (κ2) is 11.9. The van der Waals surface area contributed by atoms with E-state index in [4.69, 9.17) is 27.9 Å². The van der Waals surface area contributed by atoms with Gasteiger partial charge in [0.1, 0.15) is 33.5 Å². The lowest BCUT2D eigenvalue weighted by Crippen LogP contribution is -2.62. The average molecular weight is 636 g/mol. The van der Waals surface area contributed by atoms with E-state index in [0.717, 1.165) is 18.9 Å². The largest absolute Gasteiger partial charge is 0.366 e. The van der Waals surface area contributed by atoms with Crippen molar-refractivity contribution in [3.05, 3.63) is 46.5 Å². The van der Waals surface area contributed by atoms with Crippen molar-refractivity contribution in [1.29, 1.82) is 0 Å². The van der Waals surface area contributed by atoms with Gasteiger partial charge in [-0.05, 0) is 56.1 Å². The maximum atomic E-state index is 16.6. The molecule has 0 unspecified atom stereocenters. The van der Waals surface area contributed by atoms with Gasteiger partial charge in [0, 0.05) is 24.4 Å². The van der Waals surface area contributed by atoms with Crippen molar-refractivity contribution in [2.24, 2.45) is 16.3 Å². The first-order valence-corrected chi connectivity index (χ1v) is 15.2. The Morgan fingerprint density at radius 1 is 1.21 bits per heavy atom. The van der Waals surface area contributed by atoms with Gasteiger partial charge in [-0.15, -0.1) is 0 Å². The topological polar surface area (TPSA) is 134 Å². The Bertz CT molecular complexity index is 1380. The van der Waals surface area contributed by atoms with Crippen molar-refractivity contribution in [3.8, 4) is 0 Å². The highest BCUT2D eigenvalue weighted by atomic mass is 35.5. The fourth-order valence-corrected chi connectivity index (χ4v) is 7.50. The number of likely N-dealkylation sites (N-methyl/N-ethyl adjacent to an activating group) is 1. The second-order valence-electron chi connectivity index (χ2n) is 12.6. The van der Waals surface area contributed by atoms with E-state index in [0.29, 0.717) is 31.2 Å². The van der Waals surface area contributed by atoms with E-state index in [2.05, 4.69) is 51.7 Å². The van der Waals surface area contributed by atoms with Gasteiger partial charge in [-0.3, -0.25) is 19.7 Å². The van der Waals surface area contributed by atoms with Gasteiger partial charge >= 0.3 is 0 Å². The van der Waals surface area contributed by atoms with Gasteiger partial charge in [0.15, 0.2) is 0 Å². The fraction of sp³-hybridized carbons (Fsp3) is 0.567. The summed E-state index contributed by atoms with van der Waals surface area (Å²) in [7, 11) is 1.54. The van der Waals surface area contributed by atoms with E-state index in [-0.39, 0.29) is 34.1 Å². The van der Waals surface area contributed by atoms with Gasteiger partial charge in [0.05, 0.1) is 24.6 Å². The third-order valence-corrected chi connectivity index (χ3v) is 9.82. The molecule has 2 saturated heterocycles. The third kappa shape index (κ3) is 5.61. The molecule has 13 heteroatoms. The van der Waals surface area contributed by atoms with Crippen LogP contribution in [0, 0.1) is 11.3 Å². The van der Waals surface area contributed by atoms with Crippen LogP contribution in [0.2, 0.25) is 5.15 Å². The summed E-state index contributed by atoms with van der Waals surface area (Å²) >= 11 is 12.0. The minimum Gasteiger partial charge on any atom is -0.366 e. The SMILES string of the molecule is C=C(Cl)N=C/C=C(\F)[C@H]1[C@H](C(=O)N[C@@H]2CC[C@@H](C(=O)NC)OC2)NC2(CCC(C)(C)CC2)[C@@]12C(=O)Nc1nc(Cl)ccc12. The summed E-state index contributed by atoms with van der Waals surface area (Å²) in [5.74, 6) is -2.85. The van der Waals surface area contributed by atoms with Crippen LogP contribution in [-0.2, 0) is 24.5 Å². The zero-order chi connectivity index (χ0) is 31.2. The number of pyridine rings is 1. The van der Waals surface area contributed by atoms with Crippen LogP contribution >= 0.6 is 23.2 Å². The molecule has 3 aliphatic heterocycles. The number of fused-ring (bicyclic) bond motifs is 3. The van der Waals surface area contributed by atoms with Crippen molar-refractivity contribution < 1.29 is 23.5 Å². The first-order chi connectivity index (χ1) is 20.3. The summed E-state index contributed by atoms with van der Waals surface area (Å²) in [6.07, 6.45) is 5.17. The Hall–Kier alpha value is -2.86. The predicted molar refractivity (Wildman–Crippen MR) is 163 cm³/mol. The number of aliphatic imine (C=N–C) groups is 1. The smallest absolute Gasteiger partial charge is 0.248 e. The second-order valence-corrected chi connectivity index (χ2v) is 13.4. The molecule has 3 amide bonds. The van der Waals surface area contributed by atoms with Crippen LogP contribution in [-0.4, -0.2) is 66.3 Å². The minimum atomic E-state index is -1.52. The van der Waals surface area contributed by atoms with Crippen LogP contribution in [0.1, 0.15) is 57.9 Å². The van der Waals surface area contributed by atoms with E-state index in [1.54, 1.807) is 19.2 Å². The molecule has 3 fully saturated rings. The summed E-state index contributed by atoms with van der Waals surface area (Å²) in [5.41, 5.74) is -1.99. The Kier molecular flexibility index (Phi) is 8.74. The lowest BCUT2D eigenvalue weighted by Gasteiger charge is -2.50. The highest BCUT2D eigenvalue weighted by Crippen LogP contribution is 2.62. The van der Waals surface area contributed by atoms with Crippen molar-refractivity contribution in [1.82, 2.24) is 20.9 Å². The first-order valence-electron chi connectivity index (χ1n) is 14.5. The van der Waals surface area contributed by atoms with Crippen LogP contribution < -0.4 is 21.3 Å². The molecule has 1 aromatic rings. The summed E-state index contributed by atoms with van der Waals surface area (Å²) in [4.78, 5) is 48.6. The van der Waals surface area contributed by atoms with E-state index < -0.39 is 52.7 Å². The summed E-state index contributed by atoms with van der Waals surface area (Å²) in [6, 6.07) is 1.76. The van der Waals surface area contributed by atoms with Gasteiger partial charge in [-0.1, -0.05) is 49.7 Å². The maximum Gasteiger partial charge on any atom is 0.248 e. The molecule has 4 aliphatic rings. The van der Waals surface area contributed by atoms with E-state index >= 15 is 4.39 Å². The van der Waals surface area contributed by atoms with Crippen LogP contribution in [0.5, 0.6) is 0 Å². The number of hydrogen-bond acceptors (Lipinski definition) is 7. The van der Waals surface area contributed by atoms with Crippen molar-refractivity contribution >= 4 is 53.0 Å². The number of aromatic nitrogens is 1. The number of rotatable bonds is 6. The average Bonchev–Trinajstić information content (AvgIpc) is 3.42. The molecule has 1 aromatic heterocycles. The number of hydrogen-bond donors (Lipinski definition) is 4. The van der Waals surface area contributed by atoms with Crippen LogP contribution in [0.25, 0.3) is 0 Å². The predicted octanol–water partition coefficient (Wildman–Crippen LogP) is 3.90. The summed E-state index contributed by atoms with van der Waals surface area (Å²) in [6.45, 7) is 7.95. The van der Waals surface area contributed by atoms with E-state index in [1.807, 2.05) is 0 Å². The van der Waals surface area contributed by atoms with E-state index in [1.165, 1.54) is 6.21 Å². The number of ether oxygens (including phenoxy) is 1. The Labute approximate surface area is 260 Å². The van der Waals surface area contributed by atoms with Crippen molar-refractivity contribution in [3.63, 3.8) is 0 Å². The molecule has 0 radical (unpaired) electrons. The molecule has 5 rings (SSSR count). The molecule has 4 N–H and O–H groups in total. The number of carbonyl (C=O) groups is 3. The Morgan fingerprint density at radius 2 is 1.93 bits per heavy atom. The summed E-state index contributed by atoms with van der Waals surface area (Å²) < 4.78 is 22.3. The molecule has 0 aromatic carbocycles. The van der Waals surface area contributed by atoms with Crippen LogP contribution in [0.15, 0.2) is 40.8 Å². The van der Waals surface area contributed by atoms with Gasteiger partial charge in [-0.25, -0.2) is 14.4 Å². The first kappa shape index (κ1) is 31.6. The van der Waals surface area contributed by atoms with Crippen molar-refractivity contribution in [2.75, 3.05) is 19.0 Å². The highest BCUT2D eigenvalue weighted by molar-refractivity contribution is 6.30. The molecule has 10 nitrogen and oxygen atoms in total. The lowest BCUT2D eigenvalue weighted by atomic mass is 9.54. The standard InChI is InChI=1S/C30H37Cl2FN6O4/c1-16(31)35-14-9-19(33)22-23(26(41)36-17-5-7-20(43-15-17)25(40)34-4)39-29(12-10-28(2,3)11-13-29)30(22)18-6-8-21(32)37-24(18)38-27(30)42/h6,8-9,14,17,20,22-23,39H,1,5,7,10-13,15H2,2-4H3,(H,34,40)(H,36,41)(H,37,38,42)/b19-9-,35-14?/t17-,20+,22+,23-,30-/m1/s1. The number of allylic oxidation sites excluding steroid dienone is 1. The van der Waals surface area contributed by atoms with Crippen LogP contribution in [0.4, 0.5) is 10.2 Å². The molecule has 1 aliphatic carbocycles. The van der Waals surface area contributed by atoms with Gasteiger partial charge < -0.3 is 20.7 Å². The normalized spacial score (nSPS) is 31.2. The zero-order valence-electron chi connectivity index (χ0n) is 24.4. The van der Waals surface area contributed by atoms with E-state index in [9.17, 15) is 14.4 Å². The molecule has 232 valence electrons. The lowest BCUT2D eigenvalue weighted by molar-refractivity contribution is -0.137. The number of anilines is 1. The van der Waals surface area contributed by atoms with Gasteiger partial charge in [-0.2, -0.15) is 0 Å². The zero-order valence-corrected chi connectivity index (χ0v) is 25.9. The number of amides is 3. The van der Waals surface area contributed by atoms with Crippen LogP contribution in [0.3, 0.4) is 0 Å². The molecule has 4 heterocycles. The molecular weight excluding hydrogens is 598 g/mol.